The van der Waals surface area contributed by atoms with Gasteiger partial charge in [-0.25, -0.2) is 0 Å². The molecule has 0 amide bonds. The van der Waals surface area contributed by atoms with Crippen molar-refractivity contribution in [3.8, 4) is 0 Å². The van der Waals surface area contributed by atoms with Crippen LogP contribution < -0.4 is 5.09 Å². The number of rotatable bonds is 10. The molecule has 3 nitrogen and oxygen atoms in total. The highest BCUT2D eigenvalue weighted by molar-refractivity contribution is 8.68. The van der Waals surface area contributed by atoms with Crippen LogP contribution in [0.25, 0.3) is 0 Å². The van der Waals surface area contributed by atoms with Crippen molar-refractivity contribution in [1.29, 1.82) is 0 Å². The third-order valence-corrected chi connectivity index (χ3v) is 7.71. The van der Waals surface area contributed by atoms with E-state index >= 15 is 0 Å². The minimum Gasteiger partial charge on any atom is -0.330 e. The van der Waals surface area contributed by atoms with Crippen LogP contribution in [0.1, 0.15) is 39.5 Å². The molecule has 0 aromatic carbocycles. The standard InChI is InChI=1S/C10H23N2OPS2/c1-4-6-8-11-10-12-14(15,13-3)16-9-7-5-2/h10H,4-9H2,1-3H3,(H,11,12,15). The number of hydrogen-bond donors (Lipinski definition) is 1. The van der Waals surface area contributed by atoms with Crippen LogP contribution in [-0.2, 0) is 16.3 Å². The highest BCUT2D eigenvalue weighted by Crippen LogP contribution is 2.55. The van der Waals surface area contributed by atoms with Crippen molar-refractivity contribution < 1.29 is 4.52 Å². The molecule has 6 heteroatoms. The van der Waals surface area contributed by atoms with Gasteiger partial charge < -0.3 is 9.61 Å². The Kier molecular flexibility index (Phi) is 10.9. The fourth-order valence-corrected chi connectivity index (χ4v) is 4.67. The Balaban J connectivity index is 3.86. The van der Waals surface area contributed by atoms with Crippen LogP contribution in [0.4, 0.5) is 0 Å². The molecule has 0 aliphatic carbocycles. The van der Waals surface area contributed by atoms with Gasteiger partial charge in [0, 0.05) is 19.4 Å². The molecule has 0 rings (SSSR count). The van der Waals surface area contributed by atoms with Crippen LogP contribution in [0.5, 0.6) is 0 Å². The second-order valence-corrected chi connectivity index (χ2v) is 10.2. The molecule has 0 spiro atoms. The monoisotopic (exact) mass is 282 g/mol. The Bertz CT molecular complexity index is 237. The van der Waals surface area contributed by atoms with Crippen molar-refractivity contribution in [3.05, 3.63) is 0 Å². The predicted molar refractivity (Wildman–Crippen MR) is 80.1 cm³/mol. The molecular weight excluding hydrogens is 259 g/mol. The van der Waals surface area contributed by atoms with Gasteiger partial charge in [-0.05, 0) is 24.6 Å². The summed E-state index contributed by atoms with van der Waals surface area (Å²) >= 11 is 7.16. The summed E-state index contributed by atoms with van der Waals surface area (Å²) in [6.07, 6.45) is 6.38. The Morgan fingerprint density at radius 1 is 1.38 bits per heavy atom. The lowest BCUT2D eigenvalue weighted by atomic mass is 10.3. The van der Waals surface area contributed by atoms with Crippen LogP contribution in [0.2, 0.25) is 0 Å². The van der Waals surface area contributed by atoms with Crippen molar-refractivity contribution in [1.82, 2.24) is 5.09 Å². The third kappa shape index (κ3) is 8.57. The lowest BCUT2D eigenvalue weighted by molar-refractivity contribution is 0.467. The molecule has 0 heterocycles. The topological polar surface area (TPSA) is 33.6 Å². The smallest absolute Gasteiger partial charge is 0.210 e. The molecule has 0 bridgehead atoms. The van der Waals surface area contributed by atoms with Gasteiger partial charge in [-0.3, -0.25) is 4.99 Å². The van der Waals surface area contributed by atoms with Crippen LogP contribution >= 0.6 is 17.0 Å². The molecule has 0 aromatic heterocycles. The Morgan fingerprint density at radius 2 is 2.06 bits per heavy atom. The van der Waals surface area contributed by atoms with Gasteiger partial charge in [0.2, 0.25) is 5.62 Å². The summed E-state index contributed by atoms with van der Waals surface area (Å²) in [5, 5.41) is 3.14. The third-order valence-electron chi connectivity index (χ3n) is 1.95. The number of hydrogen-bond acceptors (Lipinski definition) is 4. The summed E-state index contributed by atoms with van der Waals surface area (Å²) in [6.45, 7) is 5.20. The zero-order valence-corrected chi connectivity index (χ0v) is 13.0. The van der Waals surface area contributed by atoms with Crippen LogP contribution in [0.15, 0.2) is 4.99 Å². The first-order chi connectivity index (χ1) is 7.68. The van der Waals surface area contributed by atoms with E-state index in [1.807, 2.05) is 0 Å². The van der Waals surface area contributed by atoms with E-state index in [2.05, 4.69) is 23.9 Å². The first kappa shape index (κ1) is 16.4. The van der Waals surface area contributed by atoms with E-state index in [1.165, 1.54) is 19.3 Å². The molecule has 0 aliphatic rings. The Morgan fingerprint density at radius 3 is 2.62 bits per heavy atom. The van der Waals surface area contributed by atoms with Gasteiger partial charge in [-0.2, -0.15) is 0 Å². The number of nitrogens with zero attached hydrogens (tertiary/aromatic N) is 1. The van der Waals surface area contributed by atoms with Crippen molar-refractivity contribution in [3.63, 3.8) is 0 Å². The van der Waals surface area contributed by atoms with Crippen molar-refractivity contribution in [2.75, 3.05) is 19.4 Å². The maximum absolute atomic E-state index is 5.44. The molecule has 0 fully saturated rings. The van der Waals surface area contributed by atoms with Gasteiger partial charge in [-0.15, -0.1) is 0 Å². The average molecular weight is 282 g/mol. The van der Waals surface area contributed by atoms with E-state index < -0.39 is 5.62 Å². The first-order valence-corrected chi connectivity index (χ1v) is 10.1. The molecule has 0 aromatic rings. The predicted octanol–water partition coefficient (Wildman–Crippen LogP) is 3.81. The van der Waals surface area contributed by atoms with E-state index in [-0.39, 0.29) is 0 Å². The van der Waals surface area contributed by atoms with Crippen LogP contribution in [0.3, 0.4) is 0 Å². The molecule has 96 valence electrons. The van der Waals surface area contributed by atoms with E-state index in [9.17, 15) is 0 Å². The molecule has 0 saturated carbocycles. The van der Waals surface area contributed by atoms with E-state index in [0.717, 1.165) is 18.7 Å². The van der Waals surface area contributed by atoms with Gasteiger partial charge >= 0.3 is 0 Å². The number of unbranched alkanes of at least 4 members (excludes halogenated alkanes) is 2. The van der Waals surface area contributed by atoms with E-state index in [1.54, 1.807) is 24.8 Å². The second kappa shape index (κ2) is 10.6. The summed E-state index contributed by atoms with van der Waals surface area (Å²) in [7, 11) is 1.67. The van der Waals surface area contributed by atoms with Crippen LogP contribution in [0, 0.1) is 0 Å². The molecule has 1 N–H and O–H groups in total. The minimum absolute atomic E-state index is 0.863. The fraction of sp³-hybridized carbons (Fsp3) is 0.900. The quantitative estimate of drug-likeness (QED) is 0.286. The zero-order valence-electron chi connectivity index (χ0n) is 10.4. The van der Waals surface area contributed by atoms with Crippen molar-refractivity contribution in [2.45, 2.75) is 39.5 Å². The minimum atomic E-state index is -1.93. The maximum atomic E-state index is 5.44. The van der Waals surface area contributed by atoms with Gasteiger partial charge in [-0.1, -0.05) is 38.1 Å². The SMILES string of the molecule is CCCC/N=C/NP(=S)(OC)SCCCC. The lowest BCUT2D eigenvalue weighted by Gasteiger charge is -2.18. The van der Waals surface area contributed by atoms with Gasteiger partial charge in [0.1, 0.15) is 0 Å². The molecular formula is C10H23N2OPS2. The first-order valence-electron chi connectivity index (χ1n) is 5.75. The lowest BCUT2D eigenvalue weighted by Crippen LogP contribution is -2.07. The molecule has 16 heavy (non-hydrogen) atoms. The summed E-state index contributed by atoms with van der Waals surface area (Å²) in [5.41, 5.74) is -1.93. The Hall–Kier alpha value is 0.430. The number of nitrogens with one attached hydrogen (secondary N) is 1. The maximum Gasteiger partial charge on any atom is 0.210 e. The van der Waals surface area contributed by atoms with Gasteiger partial charge in [0.15, 0.2) is 0 Å². The van der Waals surface area contributed by atoms with E-state index in [0.29, 0.717) is 0 Å². The average Bonchev–Trinajstić information content (AvgIpc) is 2.29. The second-order valence-electron chi connectivity index (χ2n) is 3.38. The summed E-state index contributed by atoms with van der Waals surface area (Å²) in [6, 6.07) is 0. The largest absolute Gasteiger partial charge is 0.330 e. The van der Waals surface area contributed by atoms with Crippen molar-refractivity contribution in [2.24, 2.45) is 4.99 Å². The zero-order chi connectivity index (χ0) is 12.3. The fourth-order valence-electron chi connectivity index (χ4n) is 0.897. The molecule has 0 aliphatic heterocycles. The van der Waals surface area contributed by atoms with Crippen LogP contribution in [-0.4, -0.2) is 25.7 Å². The van der Waals surface area contributed by atoms with Gasteiger partial charge in [0.25, 0.3) is 0 Å². The highest BCUT2D eigenvalue weighted by Gasteiger charge is 2.14. The number of aliphatic imine (C=N–C) groups is 1. The summed E-state index contributed by atoms with van der Waals surface area (Å²) < 4.78 is 5.38. The van der Waals surface area contributed by atoms with E-state index in [4.69, 9.17) is 16.3 Å². The Labute approximate surface area is 109 Å². The van der Waals surface area contributed by atoms with Gasteiger partial charge in [0.05, 0.1) is 6.34 Å². The molecule has 0 radical (unpaired) electrons. The summed E-state index contributed by atoms with van der Waals surface area (Å²) in [5.74, 6) is 1.05. The van der Waals surface area contributed by atoms with Crippen molar-refractivity contribution >= 4 is 35.1 Å². The highest BCUT2D eigenvalue weighted by atomic mass is 32.9. The normalized spacial score (nSPS) is 15.2. The molecule has 0 saturated heterocycles. The summed E-state index contributed by atoms with van der Waals surface area (Å²) in [4.78, 5) is 4.25. The molecule has 1 atom stereocenters. The molecule has 1 unspecified atom stereocenters.